The van der Waals surface area contributed by atoms with Gasteiger partial charge in [0.15, 0.2) is 0 Å². The minimum Gasteiger partial charge on any atom is -0.481 e. The van der Waals surface area contributed by atoms with Gasteiger partial charge in [0.2, 0.25) is 0 Å². The Labute approximate surface area is 250 Å². The van der Waals surface area contributed by atoms with Gasteiger partial charge in [-0.05, 0) is 74.3 Å². The highest BCUT2D eigenvalue weighted by Crippen LogP contribution is 2.52. The zero-order valence-electron chi connectivity index (χ0n) is 24.4. The second kappa shape index (κ2) is 14.2. The smallest absolute Gasteiger partial charge is 0.312 e. The predicted octanol–water partition coefficient (Wildman–Crippen LogP) is 5.73. The molecule has 0 fully saturated rings. The molecule has 0 saturated heterocycles. The van der Waals surface area contributed by atoms with E-state index < -0.39 is 40.2 Å². The van der Waals surface area contributed by atoms with E-state index in [1.54, 1.807) is 26.1 Å². The van der Waals surface area contributed by atoms with E-state index in [4.69, 9.17) is 4.74 Å². The number of carboxylic acid groups (broad SMARTS) is 2. The van der Waals surface area contributed by atoms with Crippen LogP contribution < -0.4 is 0 Å². The van der Waals surface area contributed by atoms with Gasteiger partial charge in [-0.1, -0.05) is 42.5 Å². The zero-order chi connectivity index (χ0) is 31.0. The average molecular weight is 588 g/mol. The van der Waals surface area contributed by atoms with E-state index in [-0.39, 0.29) is 12.1 Å². The third-order valence-corrected chi connectivity index (χ3v) is 8.47. The molecule has 1 aliphatic heterocycles. The Balaban J connectivity index is 1.43. The molecule has 3 aromatic rings. The van der Waals surface area contributed by atoms with Gasteiger partial charge in [0.05, 0.1) is 23.0 Å². The second-order valence-corrected chi connectivity index (χ2v) is 11.1. The standard InChI is InChI=1S/C33H37N3O7/c1-22-29(31(37)38)30(27-12-7-13-28(20-27)36(41)42)33(32(39)40,23(2)35-22)15-5-6-17-43-18-14-25-10-3-4-11-26(25)19-24-9-8-16-34-21-24/h3-4,7-13,16,20-21,23,29-30H,5-6,14-15,17-19H2,1-2H3,(H,37,38)(H,39,40). The van der Waals surface area contributed by atoms with Crippen molar-refractivity contribution in [2.45, 2.75) is 57.9 Å². The van der Waals surface area contributed by atoms with Gasteiger partial charge in [0.1, 0.15) is 5.92 Å². The van der Waals surface area contributed by atoms with Crippen LogP contribution in [0.2, 0.25) is 0 Å². The Bertz CT molecular complexity index is 1480. The average Bonchev–Trinajstić information content (AvgIpc) is 2.98. The summed E-state index contributed by atoms with van der Waals surface area (Å²) in [6, 6.07) is 17.1. The molecule has 0 bridgehead atoms. The maximum atomic E-state index is 13.0. The fourth-order valence-electron chi connectivity index (χ4n) is 6.33. The lowest BCUT2D eigenvalue weighted by molar-refractivity contribution is -0.385. The van der Waals surface area contributed by atoms with Crippen LogP contribution in [0.4, 0.5) is 5.69 Å². The van der Waals surface area contributed by atoms with Gasteiger partial charge in [-0.2, -0.15) is 0 Å². The molecule has 226 valence electrons. The van der Waals surface area contributed by atoms with E-state index in [0.717, 1.165) is 18.4 Å². The van der Waals surface area contributed by atoms with Crippen LogP contribution >= 0.6 is 0 Å². The van der Waals surface area contributed by atoms with Crippen molar-refractivity contribution in [1.29, 1.82) is 0 Å². The first-order chi connectivity index (χ1) is 20.6. The van der Waals surface area contributed by atoms with Crippen LogP contribution in [-0.4, -0.2) is 57.0 Å². The van der Waals surface area contributed by atoms with Crippen molar-refractivity contribution in [2.24, 2.45) is 16.3 Å². The number of aromatic nitrogens is 1. The van der Waals surface area contributed by atoms with Gasteiger partial charge in [-0.25, -0.2) is 0 Å². The van der Waals surface area contributed by atoms with Crippen molar-refractivity contribution < 1.29 is 29.5 Å². The molecular weight excluding hydrogens is 550 g/mol. The summed E-state index contributed by atoms with van der Waals surface area (Å²) >= 11 is 0. The first-order valence-electron chi connectivity index (χ1n) is 14.4. The molecule has 4 unspecified atom stereocenters. The van der Waals surface area contributed by atoms with Crippen molar-refractivity contribution >= 4 is 23.3 Å². The first kappa shape index (κ1) is 31.5. The van der Waals surface area contributed by atoms with E-state index in [1.807, 2.05) is 30.5 Å². The summed E-state index contributed by atoms with van der Waals surface area (Å²) in [5.74, 6) is -4.63. The Morgan fingerprint density at radius 2 is 1.79 bits per heavy atom. The SMILES string of the molecule is CC1=NC(C)C(CCCCOCCc2ccccc2Cc2cccnc2)(C(=O)O)C(c2cccc([N+](=O)[O-])c2)C1C(=O)O. The fourth-order valence-corrected chi connectivity index (χ4v) is 6.33. The van der Waals surface area contributed by atoms with Crippen molar-refractivity contribution in [3.8, 4) is 0 Å². The number of hydrogen-bond acceptors (Lipinski definition) is 7. The number of nitrogens with zero attached hydrogens (tertiary/aromatic N) is 3. The molecule has 0 saturated carbocycles. The zero-order valence-corrected chi connectivity index (χ0v) is 24.4. The minimum atomic E-state index is -1.57. The Kier molecular flexibility index (Phi) is 10.4. The van der Waals surface area contributed by atoms with Gasteiger partial charge >= 0.3 is 11.9 Å². The molecule has 10 heteroatoms. The Hall–Kier alpha value is -4.44. The first-order valence-corrected chi connectivity index (χ1v) is 14.4. The number of unbranched alkanes of at least 4 members (excludes halogenated alkanes) is 1. The lowest BCUT2D eigenvalue weighted by Crippen LogP contribution is -2.54. The number of rotatable bonds is 14. The number of ether oxygens (including phenoxy) is 1. The number of benzene rings is 2. The summed E-state index contributed by atoms with van der Waals surface area (Å²) < 4.78 is 5.93. The number of non-ortho nitro benzene ring substituents is 1. The maximum Gasteiger partial charge on any atom is 0.312 e. The van der Waals surface area contributed by atoms with E-state index in [1.165, 1.54) is 29.3 Å². The molecular formula is C33H37N3O7. The molecule has 2 N–H and O–H groups in total. The van der Waals surface area contributed by atoms with Crippen LogP contribution in [0.25, 0.3) is 0 Å². The summed E-state index contributed by atoms with van der Waals surface area (Å²) in [7, 11) is 0. The van der Waals surface area contributed by atoms with Crippen LogP contribution in [0, 0.1) is 21.4 Å². The number of pyridine rings is 1. The van der Waals surface area contributed by atoms with Gasteiger partial charge in [-0.3, -0.25) is 29.7 Å². The summed E-state index contributed by atoms with van der Waals surface area (Å²) in [6.45, 7) is 4.18. The molecule has 0 radical (unpaired) electrons. The highest BCUT2D eigenvalue weighted by atomic mass is 16.6. The Morgan fingerprint density at radius 1 is 1.02 bits per heavy atom. The highest BCUT2D eigenvalue weighted by molar-refractivity contribution is 6.03. The lowest BCUT2D eigenvalue weighted by atomic mass is 9.58. The molecule has 4 rings (SSSR count). The van der Waals surface area contributed by atoms with E-state index >= 15 is 0 Å². The third kappa shape index (κ3) is 7.14. The van der Waals surface area contributed by atoms with E-state index in [2.05, 4.69) is 22.1 Å². The van der Waals surface area contributed by atoms with Gasteiger partial charge in [-0.15, -0.1) is 0 Å². The molecule has 2 heterocycles. The van der Waals surface area contributed by atoms with E-state index in [9.17, 15) is 29.9 Å². The molecule has 1 aromatic heterocycles. The molecule has 1 aliphatic rings. The monoisotopic (exact) mass is 587 g/mol. The lowest BCUT2D eigenvalue weighted by Gasteiger charge is -2.46. The van der Waals surface area contributed by atoms with E-state index in [0.29, 0.717) is 37.3 Å². The van der Waals surface area contributed by atoms with Crippen molar-refractivity contribution in [3.63, 3.8) is 0 Å². The van der Waals surface area contributed by atoms with Crippen LogP contribution in [-0.2, 0) is 27.2 Å². The van der Waals surface area contributed by atoms with Crippen molar-refractivity contribution in [2.75, 3.05) is 13.2 Å². The molecule has 43 heavy (non-hydrogen) atoms. The predicted molar refractivity (Wildman–Crippen MR) is 161 cm³/mol. The largest absolute Gasteiger partial charge is 0.481 e. The van der Waals surface area contributed by atoms with Crippen LogP contribution in [0.3, 0.4) is 0 Å². The Morgan fingerprint density at radius 3 is 2.47 bits per heavy atom. The molecule has 0 amide bonds. The number of carboxylic acids is 2. The number of nitro benzene ring substituents is 1. The normalized spacial score (nSPS) is 21.6. The molecule has 2 aromatic carbocycles. The summed E-state index contributed by atoms with van der Waals surface area (Å²) in [5.41, 5.74) is 2.37. The van der Waals surface area contributed by atoms with Gasteiger partial charge in [0.25, 0.3) is 5.69 Å². The number of aliphatic imine (C=N–C) groups is 1. The quantitative estimate of drug-likeness (QED) is 0.138. The maximum absolute atomic E-state index is 13.0. The second-order valence-electron chi connectivity index (χ2n) is 11.1. The number of nitro groups is 1. The fraction of sp³-hybridized carbons (Fsp3) is 0.394. The number of aliphatic carboxylic acids is 2. The molecule has 10 nitrogen and oxygen atoms in total. The summed E-state index contributed by atoms with van der Waals surface area (Å²) in [4.78, 5) is 45.1. The van der Waals surface area contributed by atoms with Crippen molar-refractivity contribution in [1.82, 2.24) is 4.98 Å². The van der Waals surface area contributed by atoms with Crippen LogP contribution in [0.1, 0.15) is 61.3 Å². The van der Waals surface area contributed by atoms with Gasteiger partial charge in [0, 0.05) is 42.8 Å². The molecule has 0 aliphatic carbocycles. The number of hydrogen-bond donors (Lipinski definition) is 2. The highest BCUT2D eigenvalue weighted by Gasteiger charge is 2.58. The van der Waals surface area contributed by atoms with Crippen LogP contribution in [0.15, 0.2) is 78.0 Å². The minimum absolute atomic E-state index is 0.148. The summed E-state index contributed by atoms with van der Waals surface area (Å²) in [6.07, 6.45) is 6.30. The molecule has 4 atom stereocenters. The third-order valence-electron chi connectivity index (χ3n) is 8.47. The topological polar surface area (TPSA) is 152 Å². The number of carbonyl (C=O) groups is 2. The van der Waals surface area contributed by atoms with Gasteiger partial charge < -0.3 is 14.9 Å². The summed E-state index contributed by atoms with van der Waals surface area (Å²) in [5, 5.41) is 32.3. The van der Waals surface area contributed by atoms with Crippen LogP contribution in [0.5, 0.6) is 0 Å². The van der Waals surface area contributed by atoms with Crippen molar-refractivity contribution in [3.05, 3.63) is 105 Å². The molecule has 0 spiro atoms.